The Hall–Kier alpha value is -2.53. The molecule has 0 unspecified atom stereocenters. The summed E-state index contributed by atoms with van der Waals surface area (Å²) in [6.45, 7) is 8.37. The molecule has 0 bridgehead atoms. The first-order chi connectivity index (χ1) is 13.8. The van der Waals surface area contributed by atoms with Gasteiger partial charge in [0.15, 0.2) is 6.61 Å². The molecule has 2 amide bonds. The molecule has 2 aromatic carbocycles. The first-order valence-electron chi connectivity index (χ1n) is 9.78. The van der Waals surface area contributed by atoms with Crippen molar-refractivity contribution in [3.05, 3.63) is 64.7 Å². The van der Waals surface area contributed by atoms with E-state index in [1.807, 2.05) is 63.2 Å². The Morgan fingerprint density at radius 1 is 1.07 bits per heavy atom. The van der Waals surface area contributed by atoms with Crippen LogP contribution in [-0.4, -0.2) is 35.9 Å². The van der Waals surface area contributed by atoms with Crippen LogP contribution in [0.3, 0.4) is 0 Å². The average Bonchev–Trinajstić information content (AvgIpc) is 2.70. The Balaban J connectivity index is 2.13. The second-order valence-electron chi connectivity index (χ2n) is 7.53. The van der Waals surface area contributed by atoms with Crippen molar-refractivity contribution < 1.29 is 14.3 Å². The highest BCUT2D eigenvalue weighted by atomic mass is 35.5. The van der Waals surface area contributed by atoms with E-state index in [9.17, 15) is 9.59 Å². The van der Waals surface area contributed by atoms with Gasteiger partial charge in [0.1, 0.15) is 11.8 Å². The number of nitrogens with zero attached hydrogens (tertiary/aromatic N) is 1. The van der Waals surface area contributed by atoms with Crippen LogP contribution in [0.1, 0.15) is 31.9 Å². The highest BCUT2D eigenvalue weighted by Crippen LogP contribution is 2.19. The number of rotatable bonds is 9. The summed E-state index contributed by atoms with van der Waals surface area (Å²) < 4.78 is 5.64. The molecule has 29 heavy (non-hydrogen) atoms. The summed E-state index contributed by atoms with van der Waals surface area (Å²) in [5.41, 5.74) is 1.89. The minimum Gasteiger partial charge on any atom is -0.484 e. The topological polar surface area (TPSA) is 58.6 Å². The van der Waals surface area contributed by atoms with Crippen LogP contribution in [0.4, 0.5) is 0 Å². The fourth-order valence-corrected chi connectivity index (χ4v) is 2.90. The molecule has 0 aliphatic carbocycles. The summed E-state index contributed by atoms with van der Waals surface area (Å²) in [6.07, 6.45) is 0. The van der Waals surface area contributed by atoms with Crippen molar-refractivity contribution in [1.82, 2.24) is 10.2 Å². The zero-order valence-electron chi connectivity index (χ0n) is 17.4. The number of carbonyl (C=O) groups excluding carboxylic acids is 2. The van der Waals surface area contributed by atoms with Crippen LogP contribution in [-0.2, 0) is 16.1 Å². The lowest BCUT2D eigenvalue weighted by molar-refractivity contribution is -0.142. The predicted octanol–water partition coefficient (Wildman–Crippen LogP) is 4.22. The molecule has 1 N–H and O–H groups in total. The van der Waals surface area contributed by atoms with E-state index in [1.165, 1.54) is 4.90 Å². The van der Waals surface area contributed by atoms with Crippen LogP contribution in [0.25, 0.3) is 0 Å². The van der Waals surface area contributed by atoms with Crippen molar-refractivity contribution in [1.29, 1.82) is 0 Å². The molecule has 5 nitrogen and oxygen atoms in total. The van der Waals surface area contributed by atoms with Gasteiger partial charge in [0, 0.05) is 18.1 Å². The lowest BCUT2D eigenvalue weighted by atomic mass is 10.1. The number of hydrogen-bond acceptors (Lipinski definition) is 3. The first-order valence-corrected chi connectivity index (χ1v) is 10.2. The van der Waals surface area contributed by atoms with Crippen LogP contribution in [0.2, 0.25) is 5.02 Å². The van der Waals surface area contributed by atoms with Crippen molar-refractivity contribution in [2.24, 2.45) is 5.92 Å². The minimum atomic E-state index is -0.654. The van der Waals surface area contributed by atoms with E-state index >= 15 is 0 Å². The first kappa shape index (κ1) is 22.8. The molecular weight excluding hydrogens is 388 g/mol. The van der Waals surface area contributed by atoms with Gasteiger partial charge in [-0.25, -0.2) is 0 Å². The number of hydrogen-bond donors (Lipinski definition) is 1. The molecule has 0 saturated heterocycles. The summed E-state index contributed by atoms with van der Waals surface area (Å²) in [7, 11) is 0. The largest absolute Gasteiger partial charge is 0.484 e. The third kappa shape index (κ3) is 7.09. The zero-order chi connectivity index (χ0) is 21.4. The fraction of sp³-hybridized carbons (Fsp3) is 0.391. The second kappa shape index (κ2) is 10.9. The van der Waals surface area contributed by atoms with Gasteiger partial charge in [-0.3, -0.25) is 9.59 Å². The molecule has 0 radical (unpaired) electrons. The number of amides is 2. The van der Waals surface area contributed by atoms with Crippen molar-refractivity contribution >= 4 is 23.4 Å². The van der Waals surface area contributed by atoms with Crippen LogP contribution < -0.4 is 10.1 Å². The normalized spacial score (nSPS) is 11.8. The van der Waals surface area contributed by atoms with E-state index in [4.69, 9.17) is 16.3 Å². The van der Waals surface area contributed by atoms with Gasteiger partial charge in [0.25, 0.3) is 5.91 Å². The third-order valence-electron chi connectivity index (χ3n) is 4.53. The predicted molar refractivity (Wildman–Crippen MR) is 116 cm³/mol. The fourth-order valence-electron chi connectivity index (χ4n) is 2.71. The Morgan fingerprint density at radius 3 is 2.34 bits per heavy atom. The number of ether oxygens (including phenoxy) is 1. The van der Waals surface area contributed by atoms with Gasteiger partial charge in [-0.05, 0) is 43.5 Å². The molecule has 6 heteroatoms. The standard InChI is InChI=1S/C23H29ClN2O3/c1-16(2)13-25-23(28)18(4)26(14-19-7-5-6-8-21(19)24)22(27)15-29-20-11-9-17(3)10-12-20/h5-12,16,18H,13-15H2,1-4H3,(H,25,28)/t18-/m0/s1. The van der Waals surface area contributed by atoms with Crippen LogP contribution in [0.5, 0.6) is 5.75 Å². The van der Waals surface area contributed by atoms with Gasteiger partial charge < -0.3 is 15.0 Å². The van der Waals surface area contributed by atoms with Gasteiger partial charge in [0.2, 0.25) is 5.91 Å². The summed E-state index contributed by atoms with van der Waals surface area (Å²) in [5.74, 6) is 0.453. The maximum absolute atomic E-state index is 13.0. The molecule has 0 aromatic heterocycles. The van der Waals surface area contributed by atoms with Crippen LogP contribution in [0.15, 0.2) is 48.5 Å². The molecule has 0 fully saturated rings. The lowest BCUT2D eigenvalue weighted by Gasteiger charge is -2.29. The Kier molecular flexibility index (Phi) is 8.52. The summed E-state index contributed by atoms with van der Waals surface area (Å²) in [6, 6.07) is 14.1. The molecule has 0 spiro atoms. The Morgan fingerprint density at radius 2 is 1.72 bits per heavy atom. The summed E-state index contributed by atoms with van der Waals surface area (Å²) >= 11 is 6.28. The molecule has 156 valence electrons. The van der Waals surface area contributed by atoms with Crippen molar-refractivity contribution in [3.63, 3.8) is 0 Å². The van der Waals surface area contributed by atoms with Crippen molar-refractivity contribution in [2.45, 2.75) is 40.3 Å². The zero-order valence-corrected chi connectivity index (χ0v) is 18.2. The van der Waals surface area contributed by atoms with Gasteiger partial charge in [0.05, 0.1) is 0 Å². The van der Waals surface area contributed by atoms with E-state index in [0.29, 0.717) is 23.2 Å². The molecule has 0 saturated carbocycles. The van der Waals surface area contributed by atoms with Gasteiger partial charge >= 0.3 is 0 Å². The molecule has 0 aliphatic heterocycles. The van der Waals surface area contributed by atoms with Crippen LogP contribution in [0, 0.1) is 12.8 Å². The third-order valence-corrected chi connectivity index (χ3v) is 4.90. The SMILES string of the molecule is Cc1ccc(OCC(=O)N(Cc2ccccc2Cl)[C@@H](C)C(=O)NCC(C)C)cc1. The average molecular weight is 417 g/mol. The number of halogens is 1. The summed E-state index contributed by atoms with van der Waals surface area (Å²) in [4.78, 5) is 27.1. The Bertz CT molecular complexity index is 821. The highest BCUT2D eigenvalue weighted by Gasteiger charge is 2.27. The summed E-state index contributed by atoms with van der Waals surface area (Å²) in [5, 5.41) is 3.45. The molecule has 0 heterocycles. The van der Waals surface area contributed by atoms with Crippen molar-refractivity contribution in [3.8, 4) is 5.75 Å². The van der Waals surface area contributed by atoms with E-state index in [2.05, 4.69) is 5.32 Å². The lowest BCUT2D eigenvalue weighted by Crippen LogP contribution is -2.49. The Labute approximate surface area is 178 Å². The van der Waals surface area contributed by atoms with Gasteiger partial charge in [-0.2, -0.15) is 0 Å². The maximum atomic E-state index is 13.0. The van der Waals surface area contributed by atoms with E-state index < -0.39 is 6.04 Å². The second-order valence-corrected chi connectivity index (χ2v) is 7.94. The van der Waals surface area contributed by atoms with E-state index in [1.54, 1.807) is 13.0 Å². The quantitative estimate of drug-likeness (QED) is 0.665. The number of benzene rings is 2. The molecular formula is C23H29ClN2O3. The van der Waals surface area contributed by atoms with E-state index in [0.717, 1.165) is 11.1 Å². The van der Waals surface area contributed by atoms with Crippen molar-refractivity contribution in [2.75, 3.05) is 13.2 Å². The smallest absolute Gasteiger partial charge is 0.261 e. The molecule has 2 aromatic rings. The monoisotopic (exact) mass is 416 g/mol. The number of carbonyl (C=O) groups is 2. The molecule has 0 aliphatic rings. The highest BCUT2D eigenvalue weighted by molar-refractivity contribution is 6.31. The van der Waals surface area contributed by atoms with Gasteiger partial charge in [-0.15, -0.1) is 0 Å². The molecule has 2 rings (SSSR count). The number of nitrogens with one attached hydrogen (secondary N) is 1. The minimum absolute atomic E-state index is 0.157. The van der Waals surface area contributed by atoms with Gasteiger partial charge in [-0.1, -0.05) is 61.3 Å². The number of aryl methyl sites for hydroxylation is 1. The maximum Gasteiger partial charge on any atom is 0.261 e. The molecule has 1 atom stereocenters. The van der Waals surface area contributed by atoms with Crippen LogP contribution >= 0.6 is 11.6 Å². The van der Waals surface area contributed by atoms with E-state index in [-0.39, 0.29) is 25.0 Å².